The van der Waals surface area contributed by atoms with Crippen molar-refractivity contribution in [2.75, 3.05) is 6.67 Å². The molecular weight excluding hydrogens is 160 g/mol. The molecule has 1 unspecified atom stereocenters. The Hall–Kier alpha value is -0.960. The second-order valence-corrected chi connectivity index (χ2v) is 2.77. The molecule has 0 aliphatic rings. The van der Waals surface area contributed by atoms with E-state index >= 15 is 0 Å². The first-order chi connectivity index (χ1) is 5.65. The van der Waals surface area contributed by atoms with E-state index in [9.17, 15) is 8.78 Å². The molecule has 0 aromatic heterocycles. The van der Waals surface area contributed by atoms with Crippen LogP contribution in [0, 0.1) is 12.7 Å². The van der Waals surface area contributed by atoms with E-state index in [1.807, 2.05) is 0 Å². The molecule has 0 radical (unpaired) electrons. The van der Waals surface area contributed by atoms with Gasteiger partial charge in [0, 0.05) is 0 Å². The van der Waals surface area contributed by atoms with Crippen LogP contribution in [0.25, 0.3) is 0 Å². The number of benzene rings is 1. The third kappa shape index (κ3) is 1.80. The van der Waals surface area contributed by atoms with Crippen molar-refractivity contribution < 1.29 is 8.78 Å². The van der Waals surface area contributed by atoms with E-state index in [1.165, 1.54) is 6.07 Å². The minimum absolute atomic E-state index is 0.337. The molecule has 0 aliphatic heterocycles. The van der Waals surface area contributed by atoms with Gasteiger partial charge in [-0.05, 0) is 24.1 Å². The van der Waals surface area contributed by atoms with Crippen LogP contribution in [-0.4, -0.2) is 6.67 Å². The SMILES string of the molecule is Cc1ccc(C(N)CF)cc1F. The fourth-order valence-electron chi connectivity index (χ4n) is 0.929. The van der Waals surface area contributed by atoms with E-state index in [1.54, 1.807) is 19.1 Å². The van der Waals surface area contributed by atoms with Gasteiger partial charge in [-0.1, -0.05) is 12.1 Å². The highest BCUT2D eigenvalue weighted by molar-refractivity contribution is 5.25. The van der Waals surface area contributed by atoms with E-state index in [0.29, 0.717) is 11.1 Å². The maximum Gasteiger partial charge on any atom is 0.126 e. The topological polar surface area (TPSA) is 26.0 Å². The Morgan fingerprint density at radius 2 is 2.17 bits per heavy atom. The third-order valence-electron chi connectivity index (χ3n) is 1.79. The average molecular weight is 171 g/mol. The van der Waals surface area contributed by atoms with Crippen molar-refractivity contribution in [2.45, 2.75) is 13.0 Å². The van der Waals surface area contributed by atoms with Crippen LogP contribution in [0.5, 0.6) is 0 Å². The van der Waals surface area contributed by atoms with Crippen molar-refractivity contribution in [3.05, 3.63) is 35.1 Å². The molecule has 12 heavy (non-hydrogen) atoms. The van der Waals surface area contributed by atoms with Crippen LogP contribution >= 0.6 is 0 Å². The largest absolute Gasteiger partial charge is 0.322 e. The zero-order valence-electron chi connectivity index (χ0n) is 6.85. The summed E-state index contributed by atoms with van der Waals surface area (Å²) >= 11 is 0. The summed E-state index contributed by atoms with van der Waals surface area (Å²) in [5.74, 6) is -0.337. The minimum Gasteiger partial charge on any atom is -0.322 e. The van der Waals surface area contributed by atoms with Gasteiger partial charge in [0.25, 0.3) is 0 Å². The van der Waals surface area contributed by atoms with E-state index in [2.05, 4.69) is 0 Å². The van der Waals surface area contributed by atoms with Crippen LogP contribution in [0.1, 0.15) is 17.2 Å². The first-order valence-electron chi connectivity index (χ1n) is 3.72. The number of halogens is 2. The molecule has 1 nitrogen and oxygen atoms in total. The summed E-state index contributed by atoms with van der Waals surface area (Å²) in [6.45, 7) is 0.989. The van der Waals surface area contributed by atoms with Gasteiger partial charge < -0.3 is 5.73 Å². The molecule has 3 heteroatoms. The third-order valence-corrected chi connectivity index (χ3v) is 1.79. The molecule has 66 valence electrons. The highest BCUT2D eigenvalue weighted by Crippen LogP contribution is 2.14. The van der Waals surface area contributed by atoms with E-state index in [4.69, 9.17) is 5.73 Å². The molecule has 0 bridgehead atoms. The number of alkyl halides is 1. The summed E-state index contributed by atoms with van der Waals surface area (Å²) in [6, 6.07) is 3.81. The molecule has 0 fully saturated rings. The molecule has 0 amide bonds. The van der Waals surface area contributed by atoms with Gasteiger partial charge in [-0.2, -0.15) is 0 Å². The maximum absolute atomic E-state index is 12.9. The standard InChI is InChI=1S/C9H11F2N/c1-6-2-3-7(4-8(6)11)9(12)5-10/h2-4,9H,5,12H2,1H3. The Morgan fingerprint density at radius 3 is 2.67 bits per heavy atom. The molecule has 0 saturated heterocycles. The quantitative estimate of drug-likeness (QED) is 0.724. The highest BCUT2D eigenvalue weighted by atomic mass is 19.1. The van der Waals surface area contributed by atoms with Gasteiger partial charge in [-0.25, -0.2) is 8.78 Å². The van der Waals surface area contributed by atoms with Crippen LogP contribution in [0.15, 0.2) is 18.2 Å². The Kier molecular flexibility index (Phi) is 2.76. The first-order valence-corrected chi connectivity index (χ1v) is 3.72. The smallest absolute Gasteiger partial charge is 0.126 e. The molecule has 1 aromatic rings. The summed E-state index contributed by atoms with van der Waals surface area (Å²) in [5, 5.41) is 0. The summed E-state index contributed by atoms with van der Waals surface area (Å²) in [7, 11) is 0. The van der Waals surface area contributed by atoms with Gasteiger partial charge in [0.1, 0.15) is 12.5 Å². The summed E-state index contributed by atoms with van der Waals surface area (Å²) in [5.41, 5.74) is 6.42. The molecule has 0 spiro atoms. The number of hydrogen-bond acceptors (Lipinski definition) is 1. The highest BCUT2D eigenvalue weighted by Gasteiger charge is 2.06. The second kappa shape index (κ2) is 3.63. The van der Waals surface area contributed by atoms with Crippen LogP contribution in [0.4, 0.5) is 8.78 Å². The molecule has 0 heterocycles. The fourth-order valence-corrected chi connectivity index (χ4v) is 0.929. The van der Waals surface area contributed by atoms with Crippen molar-refractivity contribution in [3.8, 4) is 0 Å². The summed E-state index contributed by atoms with van der Waals surface area (Å²) in [4.78, 5) is 0. The van der Waals surface area contributed by atoms with Crippen molar-refractivity contribution in [1.82, 2.24) is 0 Å². The Morgan fingerprint density at radius 1 is 1.50 bits per heavy atom. The molecule has 2 N–H and O–H groups in total. The number of hydrogen-bond donors (Lipinski definition) is 1. The summed E-state index contributed by atoms with van der Waals surface area (Å²) < 4.78 is 25.0. The average Bonchev–Trinajstić information content (AvgIpc) is 2.08. The Labute approximate surface area is 70.2 Å². The monoisotopic (exact) mass is 171 g/mol. The number of aryl methyl sites for hydroxylation is 1. The first kappa shape index (κ1) is 9.13. The molecular formula is C9H11F2N. The zero-order valence-corrected chi connectivity index (χ0v) is 6.85. The van der Waals surface area contributed by atoms with Gasteiger partial charge in [-0.15, -0.1) is 0 Å². The lowest BCUT2D eigenvalue weighted by molar-refractivity contribution is 0.436. The van der Waals surface area contributed by atoms with Crippen LogP contribution in [0.3, 0.4) is 0 Å². The Balaban J connectivity index is 2.96. The minimum atomic E-state index is -0.708. The van der Waals surface area contributed by atoms with E-state index in [0.717, 1.165) is 0 Å². The fraction of sp³-hybridized carbons (Fsp3) is 0.333. The van der Waals surface area contributed by atoms with Gasteiger partial charge in [-0.3, -0.25) is 0 Å². The van der Waals surface area contributed by atoms with E-state index in [-0.39, 0.29) is 5.82 Å². The van der Waals surface area contributed by atoms with Crippen molar-refractivity contribution in [1.29, 1.82) is 0 Å². The Bertz CT molecular complexity index is 273. The lowest BCUT2D eigenvalue weighted by Crippen LogP contribution is -2.12. The summed E-state index contributed by atoms with van der Waals surface area (Å²) in [6.07, 6.45) is 0. The number of rotatable bonds is 2. The maximum atomic E-state index is 12.9. The lowest BCUT2D eigenvalue weighted by Gasteiger charge is -2.07. The van der Waals surface area contributed by atoms with Crippen molar-refractivity contribution >= 4 is 0 Å². The van der Waals surface area contributed by atoms with E-state index < -0.39 is 12.7 Å². The predicted octanol–water partition coefficient (Wildman–Crippen LogP) is 2.10. The normalized spacial score (nSPS) is 13.0. The van der Waals surface area contributed by atoms with Gasteiger partial charge >= 0.3 is 0 Å². The zero-order chi connectivity index (χ0) is 9.14. The number of nitrogens with two attached hydrogens (primary N) is 1. The lowest BCUT2D eigenvalue weighted by atomic mass is 10.1. The molecule has 0 saturated carbocycles. The van der Waals surface area contributed by atoms with Crippen molar-refractivity contribution in [2.24, 2.45) is 5.73 Å². The van der Waals surface area contributed by atoms with Gasteiger partial charge in [0.15, 0.2) is 0 Å². The van der Waals surface area contributed by atoms with Gasteiger partial charge in [0.05, 0.1) is 6.04 Å². The molecule has 1 atom stereocenters. The second-order valence-electron chi connectivity index (χ2n) is 2.77. The molecule has 0 aliphatic carbocycles. The predicted molar refractivity (Wildman–Crippen MR) is 44.0 cm³/mol. The van der Waals surface area contributed by atoms with Crippen LogP contribution in [-0.2, 0) is 0 Å². The van der Waals surface area contributed by atoms with Crippen LogP contribution in [0.2, 0.25) is 0 Å². The molecule has 1 aromatic carbocycles. The van der Waals surface area contributed by atoms with Gasteiger partial charge in [0.2, 0.25) is 0 Å². The van der Waals surface area contributed by atoms with Crippen molar-refractivity contribution in [3.63, 3.8) is 0 Å². The van der Waals surface area contributed by atoms with Crippen LogP contribution < -0.4 is 5.73 Å². The molecule has 1 rings (SSSR count).